The van der Waals surface area contributed by atoms with Crippen LogP contribution >= 0.6 is 35.3 Å². The molecule has 1 aliphatic rings. The highest BCUT2D eigenvalue weighted by Crippen LogP contribution is 2.18. The molecule has 1 saturated heterocycles. The molecule has 1 aromatic heterocycles. The number of hydrogen-bond donors (Lipinski definition) is 1. The monoisotopic (exact) mass is 372 g/mol. The highest BCUT2D eigenvalue weighted by atomic mass is 32.2. The zero-order valence-electron chi connectivity index (χ0n) is 12.3. The Labute approximate surface area is 147 Å². The van der Waals surface area contributed by atoms with Crippen LogP contribution in [0.15, 0.2) is 16.8 Å². The Hall–Kier alpha value is -1.45. The van der Waals surface area contributed by atoms with Gasteiger partial charge in [0.25, 0.3) is 5.91 Å². The summed E-state index contributed by atoms with van der Waals surface area (Å²) in [6, 6.07) is 1.95. The van der Waals surface area contributed by atoms with Crippen LogP contribution in [-0.4, -0.2) is 52.5 Å². The second-order valence-electron chi connectivity index (χ2n) is 4.74. The van der Waals surface area contributed by atoms with Crippen LogP contribution in [0.3, 0.4) is 0 Å². The first kappa shape index (κ1) is 17.9. The molecule has 0 radical (unpaired) electrons. The first-order valence-electron chi connectivity index (χ1n) is 6.97. The topological polar surface area (TPSA) is 75.7 Å². The maximum atomic E-state index is 11.6. The third-order valence-corrected chi connectivity index (χ3v) is 5.22. The molecule has 2 heterocycles. The molecule has 1 aliphatic heterocycles. The summed E-state index contributed by atoms with van der Waals surface area (Å²) >= 11 is 7.92. The SMILES string of the molecule is O=C(COC(=O)CCc1ccsc1)NCCN1C(=O)CSC1=S. The largest absolute Gasteiger partial charge is 0.456 e. The Morgan fingerprint density at radius 1 is 1.43 bits per heavy atom. The third-order valence-electron chi connectivity index (χ3n) is 3.06. The van der Waals surface area contributed by atoms with Crippen LogP contribution in [0.5, 0.6) is 0 Å². The predicted molar refractivity (Wildman–Crippen MR) is 93.4 cm³/mol. The second-order valence-corrected chi connectivity index (χ2v) is 7.13. The van der Waals surface area contributed by atoms with Crippen molar-refractivity contribution in [3.05, 3.63) is 22.4 Å². The maximum Gasteiger partial charge on any atom is 0.306 e. The molecule has 2 rings (SSSR count). The number of thioether (sulfide) groups is 1. The summed E-state index contributed by atoms with van der Waals surface area (Å²) in [5.74, 6) is -0.485. The molecule has 0 aromatic carbocycles. The summed E-state index contributed by atoms with van der Waals surface area (Å²) in [5.41, 5.74) is 1.08. The van der Waals surface area contributed by atoms with Gasteiger partial charge in [0.2, 0.25) is 5.91 Å². The van der Waals surface area contributed by atoms with Gasteiger partial charge in [-0.25, -0.2) is 0 Å². The van der Waals surface area contributed by atoms with Crippen LogP contribution in [0, 0.1) is 0 Å². The number of nitrogens with one attached hydrogen (secondary N) is 1. The Kier molecular flexibility index (Phi) is 7.00. The molecule has 124 valence electrons. The van der Waals surface area contributed by atoms with E-state index >= 15 is 0 Å². The molecule has 0 atom stereocenters. The van der Waals surface area contributed by atoms with Crippen molar-refractivity contribution in [2.75, 3.05) is 25.4 Å². The highest BCUT2D eigenvalue weighted by Gasteiger charge is 2.25. The summed E-state index contributed by atoms with van der Waals surface area (Å²) in [6.45, 7) is 0.301. The van der Waals surface area contributed by atoms with Gasteiger partial charge >= 0.3 is 5.97 Å². The van der Waals surface area contributed by atoms with Crippen LogP contribution in [0.25, 0.3) is 0 Å². The Morgan fingerprint density at radius 2 is 2.26 bits per heavy atom. The molecule has 1 N–H and O–H groups in total. The molecular weight excluding hydrogens is 356 g/mol. The molecule has 6 nitrogen and oxygen atoms in total. The van der Waals surface area contributed by atoms with E-state index in [1.807, 2.05) is 16.8 Å². The number of rotatable bonds is 8. The Bertz CT molecular complexity index is 573. The van der Waals surface area contributed by atoms with Gasteiger partial charge in [0.1, 0.15) is 4.32 Å². The molecule has 9 heteroatoms. The summed E-state index contributed by atoms with van der Waals surface area (Å²) in [5, 5.41) is 6.52. The highest BCUT2D eigenvalue weighted by molar-refractivity contribution is 8.23. The van der Waals surface area contributed by atoms with E-state index in [4.69, 9.17) is 17.0 Å². The van der Waals surface area contributed by atoms with E-state index in [0.717, 1.165) is 5.56 Å². The number of esters is 1. The molecule has 2 amide bonds. The molecule has 0 aliphatic carbocycles. The molecule has 1 fully saturated rings. The number of carbonyl (C=O) groups excluding carboxylic acids is 3. The number of nitrogens with zero attached hydrogens (tertiary/aromatic N) is 1. The van der Waals surface area contributed by atoms with Crippen LogP contribution in [0.2, 0.25) is 0 Å². The summed E-state index contributed by atoms with van der Waals surface area (Å²) < 4.78 is 5.44. The number of amides is 2. The van der Waals surface area contributed by atoms with Gasteiger partial charge in [0, 0.05) is 19.5 Å². The lowest BCUT2D eigenvalue weighted by Crippen LogP contribution is -2.38. The normalized spacial score (nSPS) is 14.2. The first-order valence-corrected chi connectivity index (χ1v) is 9.30. The minimum atomic E-state index is -0.404. The zero-order valence-corrected chi connectivity index (χ0v) is 14.7. The standard InChI is InChI=1S/C14H16N2O4S3/c17-11(15-4-5-16-12(18)9-23-14(16)21)7-20-13(19)2-1-10-3-6-22-8-10/h3,6,8H,1-2,4-5,7,9H2,(H,15,17). The fraction of sp³-hybridized carbons (Fsp3) is 0.429. The van der Waals surface area contributed by atoms with E-state index < -0.39 is 5.97 Å². The quantitative estimate of drug-likeness (QED) is 0.546. The van der Waals surface area contributed by atoms with Crippen molar-refractivity contribution in [1.29, 1.82) is 0 Å². The van der Waals surface area contributed by atoms with E-state index in [1.54, 1.807) is 11.3 Å². The minimum absolute atomic E-state index is 0.0471. The lowest BCUT2D eigenvalue weighted by atomic mass is 10.2. The van der Waals surface area contributed by atoms with E-state index in [1.165, 1.54) is 16.7 Å². The van der Waals surface area contributed by atoms with Gasteiger partial charge < -0.3 is 10.1 Å². The maximum absolute atomic E-state index is 11.6. The summed E-state index contributed by atoms with van der Waals surface area (Å²) in [4.78, 5) is 36.1. The summed E-state index contributed by atoms with van der Waals surface area (Å²) in [6.07, 6.45) is 0.855. The molecular formula is C14H16N2O4S3. The fourth-order valence-corrected chi connectivity index (χ4v) is 3.68. The van der Waals surface area contributed by atoms with Gasteiger partial charge in [-0.3, -0.25) is 19.3 Å². The molecule has 23 heavy (non-hydrogen) atoms. The van der Waals surface area contributed by atoms with Gasteiger partial charge in [0.05, 0.1) is 5.75 Å². The van der Waals surface area contributed by atoms with Crippen molar-refractivity contribution in [2.24, 2.45) is 0 Å². The number of aryl methyl sites for hydroxylation is 1. The van der Waals surface area contributed by atoms with Crippen molar-refractivity contribution in [1.82, 2.24) is 10.2 Å². The molecule has 0 unspecified atom stereocenters. The van der Waals surface area contributed by atoms with E-state index in [0.29, 0.717) is 23.0 Å². The fourth-order valence-electron chi connectivity index (χ4n) is 1.85. The lowest BCUT2D eigenvalue weighted by Gasteiger charge is -2.15. The number of thiocarbonyl (C=S) groups is 1. The Morgan fingerprint density at radius 3 is 2.91 bits per heavy atom. The first-order chi connectivity index (χ1) is 11.1. The van der Waals surface area contributed by atoms with E-state index in [2.05, 4.69) is 5.32 Å². The second kappa shape index (κ2) is 8.99. The van der Waals surface area contributed by atoms with Gasteiger partial charge in [-0.15, -0.1) is 0 Å². The van der Waals surface area contributed by atoms with Crippen molar-refractivity contribution < 1.29 is 19.1 Å². The predicted octanol–water partition coefficient (Wildman–Crippen LogP) is 1.20. The van der Waals surface area contributed by atoms with Crippen molar-refractivity contribution in [3.63, 3.8) is 0 Å². The summed E-state index contributed by atoms with van der Waals surface area (Å²) in [7, 11) is 0. The lowest BCUT2D eigenvalue weighted by molar-refractivity contribution is -0.148. The number of ether oxygens (including phenoxy) is 1. The van der Waals surface area contributed by atoms with Crippen molar-refractivity contribution >= 4 is 57.4 Å². The molecule has 0 bridgehead atoms. The Balaban J connectivity index is 1.56. The van der Waals surface area contributed by atoms with E-state index in [9.17, 15) is 14.4 Å². The average Bonchev–Trinajstić information content (AvgIpc) is 3.15. The minimum Gasteiger partial charge on any atom is -0.456 e. The van der Waals surface area contributed by atoms with Crippen LogP contribution in [0.1, 0.15) is 12.0 Å². The average molecular weight is 372 g/mol. The van der Waals surface area contributed by atoms with Gasteiger partial charge in [0.15, 0.2) is 6.61 Å². The molecule has 0 spiro atoms. The van der Waals surface area contributed by atoms with E-state index in [-0.39, 0.29) is 31.4 Å². The van der Waals surface area contributed by atoms with Crippen LogP contribution in [-0.2, 0) is 25.5 Å². The molecule has 0 saturated carbocycles. The van der Waals surface area contributed by atoms with Crippen LogP contribution < -0.4 is 5.32 Å². The third kappa shape index (κ3) is 5.92. The molecule has 1 aromatic rings. The van der Waals surface area contributed by atoms with Gasteiger partial charge in [-0.05, 0) is 28.8 Å². The van der Waals surface area contributed by atoms with Crippen LogP contribution in [0.4, 0.5) is 0 Å². The number of carbonyl (C=O) groups is 3. The zero-order chi connectivity index (χ0) is 16.7. The van der Waals surface area contributed by atoms with Gasteiger partial charge in [-0.1, -0.05) is 24.0 Å². The van der Waals surface area contributed by atoms with Gasteiger partial charge in [-0.2, -0.15) is 11.3 Å². The van der Waals surface area contributed by atoms with Crippen molar-refractivity contribution in [3.8, 4) is 0 Å². The number of hydrogen-bond acceptors (Lipinski definition) is 7. The number of thiophene rings is 1. The van der Waals surface area contributed by atoms with Crippen molar-refractivity contribution in [2.45, 2.75) is 12.8 Å². The smallest absolute Gasteiger partial charge is 0.306 e.